The number of carboxylic acids is 1. The average molecular weight is 2630 g/mol. The van der Waals surface area contributed by atoms with E-state index in [0.29, 0.717) is 146 Å². The summed E-state index contributed by atoms with van der Waals surface area (Å²) in [5, 5.41) is 54.8. The molecule has 5 saturated carbocycles. The van der Waals surface area contributed by atoms with E-state index in [1.807, 2.05) is 72.8 Å². The number of halogens is 11. The van der Waals surface area contributed by atoms with Crippen LogP contribution in [0, 0.1) is 42.1 Å². The number of hydrogen-bond acceptors (Lipinski definition) is 24. The number of nitrogens with two attached hydrogens (primary N) is 1. The van der Waals surface area contributed by atoms with Gasteiger partial charge in [-0.1, -0.05) is 126 Å². The number of Topliss-reactive ketones (excluding diaryl/α,β-unsaturated/α-hetero) is 1. The van der Waals surface area contributed by atoms with Crippen LogP contribution in [0.3, 0.4) is 0 Å². The number of fused-ring (bicyclic) bond motifs is 5. The van der Waals surface area contributed by atoms with E-state index in [9.17, 15) is 52.6 Å². The molecule has 7 fully saturated rings. The van der Waals surface area contributed by atoms with Crippen molar-refractivity contribution in [2.75, 3.05) is 45.9 Å². The summed E-state index contributed by atoms with van der Waals surface area (Å²) in [4.78, 5) is 111. The molecule has 2 aliphatic heterocycles. The third-order valence-corrected chi connectivity index (χ3v) is 33.8. The Kier molecular flexibility index (Phi) is 38.0. The summed E-state index contributed by atoms with van der Waals surface area (Å²) in [6, 6.07) is 32.5. The normalized spacial score (nSPS) is 19.1. The minimum atomic E-state index is -0.932. The molecule has 7 heterocycles. The van der Waals surface area contributed by atoms with Gasteiger partial charge in [-0.25, -0.2) is 9.18 Å². The van der Waals surface area contributed by atoms with Crippen molar-refractivity contribution in [3.8, 4) is 0 Å². The first-order chi connectivity index (χ1) is 68.7. The maximum Gasteiger partial charge on any atom is 1.00 e. The molecule has 30 nitrogen and oxygen atoms in total. The van der Waals surface area contributed by atoms with Gasteiger partial charge in [0.15, 0.2) is 11.6 Å². The molecule has 10 aliphatic carbocycles. The van der Waals surface area contributed by atoms with Crippen LogP contribution in [0.2, 0.25) is 25.1 Å². The monoisotopic (exact) mass is 2630 g/mol. The van der Waals surface area contributed by atoms with Crippen LogP contribution in [0.4, 0.5) is 10.1 Å². The van der Waals surface area contributed by atoms with Gasteiger partial charge in [-0.3, -0.25) is 48.8 Å². The van der Waals surface area contributed by atoms with E-state index in [-0.39, 0.29) is 88.4 Å². The molecule has 12 aliphatic rings. The Morgan fingerprint density at radius 1 is 0.434 bits per heavy atom. The summed E-state index contributed by atoms with van der Waals surface area (Å²) in [7, 11) is 2.56. The van der Waals surface area contributed by atoms with Crippen molar-refractivity contribution in [2.24, 2.45) is 23.5 Å². The quantitative estimate of drug-likeness (QED) is 0.0259. The largest absolute Gasteiger partial charge is 1.00 e. The third-order valence-electron chi connectivity index (χ3n) is 27.9. The number of rotatable bonds is 16. The Balaban J connectivity index is 0.000000130. The van der Waals surface area contributed by atoms with Gasteiger partial charge in [0.1, 0.15) is 37.4 Å². The van der Waals surface area contributed by atoms with E-state index in [4.69, 9.17) is 83.6 Å². The number of aromatic nitrogens is 10. The van der Waals surface area contributed by atoms with E-state index in [2.05, 4.69) is 160 Å². The van der Waals surface area contributed by atoms with Crippen LogP contribution in [0.5, 0.6) is 0 Å². The number of nitrogens with one attached hydrogen (secondary N) is 1. The molecule has 2 saturated heterocycles. The van der Waals surface area contributed by atoms with Gasteiger partial charge < -0.3 is 40.6 Å². The molecule has 11 aromatic rings. The number of esters is 2. The fraction of sp³-hybridized carbons (Fsp3) is 0.417. The number of carbonyl (C=O) groups excluding carboxylic acids is 8. The fourth-order valence-corrected chi connectivity index (χ4v) is 24.7. The number of benzene rings is 6. The minimum Gasteiger partial charge on any atom is -0.870 e. The number of hydrogen-bond donors (Lipinski definition) is 5. The van der Waals surface area contributed by atoms with Crippen LogP contribution >= 0.6 is 171 Å². The minimum absolute atomic E-state index is 0. The summed E-state index contributed by atoms with van der Waals surface area (Å²) in [6.45, 7) is 4.50. The van der Waals surface area contributed by atoms with Crippen LogP contribution in [0.25, 0.3) is 0 Å². The molecule has 0 spiro atoms. The van der Waals surface area contributed by atoms with E-state index >= 15 is 0 Å². The standard InChI is InChI=1S/C20H21ClIN3O2.C19H18ClIN2O3.C18H16ClIN2O3.C18H18ClIN2O.C17H17ClIN3O.C8H8FNO4.C3H4O2.Li.H2O/c21-16-3-1-2-14(11-4-5-11)18(16)20(26)25-17-8-12(23-13-9-27-10-13)6-7-15(17)19(22)24-25;1-26-19(25)11-7-8-13-15(9-11)23(22-17(13)21)18(24)16-12(10-5-6-10)3-2-4-14(16)20;19-13-3-1-2-11(9-4-5-9)15(13)17(23)22-14-8-10(18(24)25)6-7-12(14)16(20)21-22;1-10-5-8-13-15(9-10)22(21-17(13)20)18(23)16-12(11-6-7-11)3-2-4-14(16)19;18-13-3-1-2-11(9-4-5-9)15(13)17(23)22-14-8-10(20)6-7-12(14)16(19)21-22;1-14-8(11)5-2-3-7(10(12)13)6(9)4-5;4-3-1-5-2-3;;/h1-3,11-13,23H,4-10H2;2-4,10-11H,5-9H2,1H3;1-3,9-10H,4-8H2,(H,24,25);2-4,10-11H,5-9H2,1H3;1-3,9-10H,4-8,20H2;2-4,12-13H,1H3;1-2H2;;1H2/q;;;;;;;+1;/p-1. The number of anilines is 1. The Morgan fingerprint density at radius 3 is 1.06 bits per heavy atom. The smallest absolute Gasteiger partial charge is 0.870 e. The molecule has 145 heavy (non-hydrogen) atoms. The van der Waals surface area contributed by atoms with E-state index in [1.54, 1.807) is 32.2 Å². The van der Waals surface area contributed by atoms with Gasteiger partial charge in [0, 0.05) is 65.6 Å². The van der Waals surface area contributed by atoms with Crippen molar-refractivity contribution in [2.45, 2.75) is 215 Å². The third kappa shape index (κ3) is 25.6. The number of carbonyl (C=O) groups is 9. The molecular formula is C103H103Cl5FI5LiN13O17. The zero-order valence-electron chi connectivity index (χ0n) is 79.5. The summed E-state index contributed by atoms with van der Waals surface area (Å²) in [6.07, 6.45) is 23.0. The molecule has 42 heteroatoms. The second-order valence-corrected chi connectivity index (χ2v) is 45.1. The molecule has 23 rings (SSSR count). The van der Waals surface area contributed by atoms with E-state index in [0.717, 1.165) is 233 Å². The molecule has 760 valence electrons. The fourth-order valence-electron chi connectivity index (χ4n) is 19.4. The molecule has 5 unspecified atom stereocenters. The summed E-state index contributed by atoms with van der Waals surface area (Å²) < 4.78 is 44.0. The number of aliphatic carboxylic acids is 1. The van der Waals surface area contributed by atoms with Crippen molar-refractivity contribution >= 4 is 230 Å². The van der Waals surface area contributed by atoms with Gasteiger partial charge in [-0.15, -0.1) is 5.23 Å². The summed E-state index contributed by atoms with van der Waals surface area (Å²) in [5.41, 5.74) is 24.1. The van der Waals surface area contributed by atoms with Crippen molar-refractivity contribution in [3.05, 3.63) is 276 Å². The molecule has 5 atom stereocenters. The van der Waals surface area contributed by atoms with Gasteiger partial charge in [0.25, 0.3) is 29.5 Å². The van der Waals surface area contributed by atoms with Crippen LogP contribution in [0.15, 0.2) is 109 Å². The predicted molar refractivity (Wildman–Crippen MR) is 577 cm³/mol. The number of ketones is 1. The Labute approximate surface area is 941 Å². The number of nitrogens with zero attached hydrogens (tertiary/aromatic N) is 11. The molecule has 7 N–H and O–H groups in total. The van der Waals surface area contributed by atoms with Gasteiger partial charge >= 0.3 is 36.8 Å². The van der Waals surface area contributed by atoms with Crippen LogP contribution in [-0.4, -0.2) is 182 Å². The van der Waals surface area contributed by atoms with Gasteiger partial charge in [0.05, 0.1) is 132 Å². The Morgan fingerprint density at radius 2 is 0.752 bits per heavy atom. The molecule has 0 radical (unpaired) electrons. The summed E-state index contributed by atoms with van der Waals surface area (Å²) >= 11 is 43.0. The molecular weight excluding hydrogens is 2530 g/mol. The van der Waals surface area contributed by atoms with Crippen LogP contribution in [0.1, 0.15) is 279 Å². The molecule has 0 bridgehead atoms. The van der Waals surface area contributed by atoms with E-state index < -0.39 is 29.4 Å². The Bertz CT molecular complexity index is 6690. The van der Waals surface area contributed by atoms with Gasteiger partial charge in [-0.05, 0) is 360 Å². The van der Waals surface area contributed by atoms with Crippen molar-refractivity contribution in [3.63, 3.8) is 0 Å². The molecule has 0 amide bonds. The SMILES string of the molecule is CC1CCc2c(I)nn(C(=O)c3c(Cl)cccc3C3CC3)c2C1.COC(=O)C1CCc2c(I)nn(C(=O)c3c(Cl)cccc3C3CC3)c2C1.COC(=O)c1ccc(N(O)O)c(F)c1.NC1CCc2c(I)nn(C(=O)c3c(Cl)cccc3C3CC3)c2C1.O=C(O)C1CCc2c(I)nn(C(=O)c3c(Cl)cccc3C3CC3)c2C1.O=C(c1c(Cl)cccc1C1CC1)n1nc(I)c2c1CC(NC1COC1)CC2.O=C1COC1.[Li+].[OH-]. The topological polar surface area (TPSA) is 412 Å². The Hall–Kier alpha value is -7.05. The first-order valence-electron chi connectivity index (χ1n) is 47.7. The number of carboxylic acid groups (broad SMARTS) is 1. The predicted octanol–water partition coefficient (Wildman–Crippen LogP) is 17.4. The maximum absolute atomic E-state index is 13.5. The van der Waals surface area contributed by atoms with E-state index in [1.165, 1.54) is 52.8 Å². The second-order valence-electron chi connectivity index (χ2n) is 38.0. The second kappa shape index (κ2) is 49.1. The first kappa shape index (κ1) is 112. The summed E-state index contributed by atoms with van der Waals surface area (Å²) in [5.74, 6) is -1.13. The zero-order chi connectivity index (χ0) is 101. The van der Waals surface area contributed by atoms with Crippen LogP contribution < -0.4 is 35.1 Å². The van der Waals surface area contributed by atoms with Crippen molar-refractivity contribution in [1.29, 1.82) is 0 Å². The molecule has 5 aromatic heterocycles. The average Bonchev–Trinajstić information content (AvgIpc) is 1.64. The van der Waals surface area contributed by atoms with Gasteiger partial charge in [-0.2, -0.15) is 48.9 Å². The number of ether oxygens (including phenoxy) is 4. The maximum atomic E-state index is 13.5. The zero-order valence-corrected chi connectivity index (χ0v) is 94.1. The van der Waals surface area contributed by atoms with Crippen molar-refractivity contribution in [1.82, 2.24) is 54.2 Å². The number of methoxy groups -OCH3 is 2. The van der Waals surface area contributed by atoms with Gasteiger partial charge in [0.2, 0.25) is 0 Å². The van der Waals surface area contributed by atoms with Crippen LogP contribution in [-0.2, 0) is 97.5 Å². The first-order valence-corrected chi connectivity index (χ1v) is 55.0. The molecule has 6 aromatic carbocycles. The van der Waals surface area contributed by atoms with Crippen molar-refractivity contribution < 1.29 is 106 Å².